The third-order valence-corrected chi connectivity index (χ3v) is 2.47. The third kappa shape index (κ3) is 3.14. The Labute approximate surface area is 106 Å². The summed E-state index contributed by atoms with van der Waals surface area (Å²) in [6, 6.07) is 2.98. The Balaban J connectivity index is 3.01. The molecule has 1 rings (SSSR count). The smallest absolute Gasteiger partial charge is 0.415 e. The lowest BCUT2D eigenvalue weighted by Gasteiger charge is -2.26. The molecule has 0 saturated heterocycles. The Morgan fingerprint density at radius 2 is 1.95 bits per heavy atom. The highest BCUT2D eigenvalue weighted by atomic mass is 19.4. The normalized spacial score (nSPS) is 14.7. The Morgan fingerprint density at radius 3 is 2.42 bits per heavy atom. The van der Waals surface area contributed by atoms with E-state index in [2.05, 4.69) is 0 Å². The fourth-order valence-corrected chi connectivity index (χ4v) is 1.15. The fraction of sp³-hybridized carbons (Fsp3) is 0.364. The van der Waals surface area contributed by atoms with E-state index < -0.39 is 23.4 Å². The van der Waals surface area contributed by atoms with Crippen LogP contribution in [0.15, 0.2) is 18.2 Å². The van der Waals surface area contributed by atoms with Crippen molar-refractivity contribution >= 4 is 11.6 Å². The predicted octanol–water partition coefficient (Wildman–Crippen LogP) is 2.05. The monoisotopic (exact) mass is 280 g/mol. The molecule has 0 fully saturated rings. The summed E-state index contributed by atoms with van der Waals surface area (Å²) >= 11 is 0. The first-order chi connectivity index (χ1) is 8.59. The van der Waals surface area contributed by atoms with Crippen molar-refractivity contribution in [3.63, 3.8) is 0 Å². The van der Waals surface area contributed by atoms with Crippen molar-refractivity contribution < 1.29 is 27.1 Å². The molecule has 19 heavy (non-hydrogen) atoms. The molecule has 0 radical (unpaired) electrons. The van der Waals surface area contributed by atoms with Crippen LogP contribution in [0.3, 0.4) is 0 Å². The van der Waals surface area contributed by atoms with Crippen LogP contribution in [0.4, 0.5) is 23.2 Å². The molecule has 1 aromatic carbocycles. The lowest BCUT2D eigenvalue weighted by molar-refractivity contribution is -0.184. The number of carbonyl (C=O) groups excluding carboxylic acids is 1. The van der Waals surface area contributed by atoms with Crippen LogP contribution in [-0.4, -0.2) is 24.7 Å². The van der Waals surface area contributed by atoms with Gasteiger partial charge >= 0.3 is 6.18 Å². The molecule has 1 atom stereocenters. The summed E-state index contributed by atoms with van der Waals surface area (Å²) in [7, 11) is 1.19. The topological polar surface area (TPSA) is 64.3 Å². The fourth-order valence-electron chi connectivity index (χ4n) is 1.15. The summed E-state index contributed by atoms with van der Waals surface area (Å²) in [4.78, 5) is 11.5. The van der Waals surface area contributed by atoms with Gasteiger partial charge in [0.15, 0.2) is 5.54 Å². The van der Waals surface area contributed by atoms with Crippen LogP contribution >= 0.6 is 0 Å². The van der Waals surface area contributed by atoms with Crippen LogP contribution in [-0.2, 0) is 4.79 Å². The molecule has 0 spiro atoms. The molecule has 0 aliphatic carbocycles. The highest BCUT2D eigenvalue weighted by Crippen LogP contribution is 2.31. The Kier molecular flexibility index (Phi) is 4.04. The van der Waals surface area contributed by atoms with Crippen LogP contribution in [0.25, 0.3) is 0 Å². The van der Waals surface area contributed by atoms with E-state index in [1.54, 1.807) is 0 Å². The molecule has 1 amide bonds. The second-order valence-corrected chi connectivity index (χ2v) is 4.00. The largest absolute Gasteiger partial charge is 0.494 e. The van der Waals surface area contributed by atoms with Gasteiger partial charge in [0.1, 0.15) is 11.6 Å². The van der Waals surface area contributed by atoms with Gasteiger partial charge in [0.2, 0.25) is 0 Å². The molecule has 0 saturated carbocycles. The number of methoxy groups -OCH3 is 1. The molecule has 1 unspecified atom stereocenters. The van der Waals surface area contributed by atoms with Gasteiger partial charge in [-0.1, -0.05) is 0 Å². The summed E-state index contributed by atoms with van der Waals surface area (Å²) in [6.45, 7) is 0.540. The molecular formula is C11H12F4N2O2. The summed E-state index contributed by atoms with van der Waals surface area (Å²) in [6.07, 6.45) is -4.91. The summed E-state index contributed by atoms with van der Waals surface area (Å²) in [5.41, 5.74) is 1.79. The number of alkyl halides is 3. The van der Waals surface area contributed by atoms with Crippen LogP contribution in [0, 0.1) is 5.82 Å². The van der Waals surface area contributed by atoms with Gasteiger partial charge in [-0.25, -0.2) is 4.39 Å². The first kappa shape index (κ1) is 15.2. The molecule has 0 aromatic heterocycles. The summed E-state index contributed by atoms with van der Waals surface area (Å²) in [5, 5.41) is 1.96. The van der Waals surface area contributed by atoms with Crippen molar-refractivity contribution in [3.05, 3.63) is 24.0 Å². The molecule has 0 bridgehead atoms. The first-order valence-electron chi connectivity index (χ1n) is 5.10. The number of hydrogen-bond donors (Lipinski definition) is 2. The molecule has 8 heteroatoms. The predicted molar refractivity (Wildman–Crippen MR) is 60.2 cm³/mol. The second-order valence-electron chi connectivity index (χ2n) is 4.00. The number of benzene rings is 1. The van der Waals surface area contributed by atoms with Crippen molar-refractivity contribution in [1.82, 2.24) is 0 Å². The maximum Gasteiger partial charge on any atom is 0.415 e. The average molecular weight is 280 g/mol. The zero-order valence-corrected chi connectivity index (χ0v) is 10.1. The zero-order valence-electron chi connectivity index (χ0n) is 10.1. The maximum absolute atomic E-state index is 12.9. The van der Waals surface area contributed by atoms with Crippen LogP contribution in [0.2, 0.25) is 0 Å². The molecule has 106 valence electrons. The lowest BCUT2D eigenvalue weighted by Crippen LogP contribution is -2.59. The van der Waals surface area contributed by atoms with Gasteiger partial charge in [0.25, 0.3) is 5.91 Å². The number of nitrogens with two attached hydrogens (primary N) is 1. The van der Waals surface area contributed by atoms with Gasteiger partial charge in [-0.15, -0.1) is 0 Å². The van der Waals surface area contributed by atoms with E-state index in [-0.39, 0.29) is 11.4 Å². The highest BCUT2D eigenvalue weighted by molar-refractivity contribution is 5.99. The Bertz CT molecular complexity index is 486. The molecule has 1 aromatic rings. The van der Waals surface area contributed by atoms with Crippen molar-refractivity contribution in [1.29, 1.82) is 0 Å². The summed E-state index contributed by atoms with van der Waals surface area (Å²) in [5.74, 6) is -2.22. The van der Waals surface area contributed by atoms with Gasteiger partial charge in [-0.3, -0.25) is 4.79 Å². The zero-order chi connectivity index (χ0) is 14.8. The number of carbonyl (C=O) groups is 1. The molecule has 4 nitrogen and oxygen atoms in total. The van der Waals surface area contributed by atoms with Crippen molar-refractivity contribution in [2.24, 2.45) is 5.73 Å². The van der Waals surface area contributed by atoms with E-state index in [1.165, 1.54) is 7.11 Å². The molecule has 0 heterocycles. The van der Waals surface area contributed by atoms with Gasteiger partial charge < -0.3 is 15.8 Å². The summed E-state index contributed by atoms with van der Waals surface area (Å²) < 4.78 is 55.3. The van der Waals surface area contributed by atoms with Gasteiger partial charge in [0.05, 0.1) is 12.8 Å². The lowest BCUT2D eigenvalue weighted by atomic mass is 10.0. The van der Waals surface area contributed by atoms with E-state index in [4.69, 9.17) is 10.5 Å². The number of ether oxygens (including phenoxy) is 1. The van der Waals surface area contributed by atoms with Crippen LogP contribution in [0.1, 0.15) is 6.92 Å². The molecule has 0 aliphatic rings. The van der Waals surface area contributed by atoms with Crippen molar-refractivity contribution in [2.45, 2.75) is 18.6 Å². The van der Waals surface area contributed by atoms with Crippen molar-refractivity contribution in [2.75, 3.05) is 12.4 Å². The maximum atomic E-state index is 12.9. The number of rotatable bonds is 3. The molecule has 0 aliphatic heterocycles. The SMILES string of the molecule is COc1cc(F)ccc1NC(=O)C(C)(N)C(F)(F)F. The molecule has 3 N–H and O–H groups in total. The average Bonchev–Trinajstić information content (AvgIpc) is 2.29. The molecular weight excluding hydrogens is 268 g/mol. The first-order valence-corrected chi connectivity index (χ1v) is 5.10. The quantitative estimate of drug-likeness (QED) is 0.833. The van der Waals surface area contributed by atoms with Crippen molar-refractivity contribution in [3.8, 4) is 5.75 Å². The van der Waals surface area contributed by atoms with Gasteiger partial charge in [-0.05, 0) is 19.1 Å². The van der Waals surface area contributed by atoms with E-state index in [9.17, 15) is 22.4 Å². The van der Waals surface area contributed by atoms with E-state index in [1.807, 2.05) is 5.32 Å². The van der Waals surface area contributed by atoms with E-state index >= 15 is 0 Å². The van der Waals surface area contributed by atoms with Gasteiger partial charge in [-0.2, -0.15) is 13.2 Å². The number of nitrogens with one attached hydrogen (secondary N) is 1. The van der Waals surface area contributed by atoms with Gasteiger partial charge in [0, 0.05) is 6.07 Å². The minimum Gasteiger partial charge on any atom is -0.494 e. The standard InChI is InChI=1S/C11H12F4N2O2/c1-10(16,11(13,14)15)9(18)17-7-4-3-6(12)5-8(7)19-2/h3-5H,16H2,1-2H3,(H,17,18). The Hall–Kier alpha value is -1.83. The minimum atomic E-state index is -4.91. The number of amides is 1. The number of halogens is 4. The Morgan fingerprint density at radius 1 is 1.37 bits per heavy atom. The highest BCUT2D eigenvalue weighted by Gasteiger charge is 2.54. The van der Waals surface area contributed by atoms with Crippen LogP contribution < -0.4 is 15.8 Å². The number of hydrogen-bond acceptors (Lipinski definition) is 3. The third-order valence-electron chi connectivity index (χ3n) is 2.47. The second kappa shape index (κ2) is 5.04. The van der Waals surface area contributed by atoms with E-state index in [0.29, 0.717) is 6.92 Å². The van der Waals surface area contributed by atoms with E-state index in [0.717, 1.165) is 18.2 Å². The minimum absolute atomic E-state index is 0.102. The number of anilines is 1. The van der Waals surface area contributed by atoms with Crippen LogP contribution in [0.5, 0.6) is 5.75 Å².